The second-order valence-electron chi connectivity index (χ2n) is 4.55. The summed E-state index contributed by atoms with van der Waals surface area (Å²) in [5.74, 6) is -0.0619. The SMILES string of the molecule is Cc1ccc(C(=O)N2CCCC2CN)c(O)c1. The number of likely N-dealkylation sites (tertiary alicyclic amines) is 1. The van der Waals surface area contributed by atoms with Crippen LogP contribution in [-0.2, 0) is 0 Å². The zero-order valence-corrected chi connectivity index (χ0v) is 10.0. The summed E-state index contributed by atoms with van der Waals surface area (Å²) in [6, 6.07) is 5.24. The molecule has 0 bridgehead atoms. The minimum absolute atomic E-state index is 0.0534. The molecule has 1 amide bonds. The zero-order valence-electron chi connectivity index (χ0n) is 10.0. The van der Waals surface area contributed by atoms with Gasteiger partial charge in [0.2, 0.25) is 0 Å². The van der Waals surface area contributed by atoms with Crippen molar-refractivity contribution in [2.75, 3.05) is 13.1 Å². The zero-order chi connectivity index (χ0) is 12.4. The number of phenols is 1. The van der Waals surface area contributed by atoms with Gasteiger partial charge in [-0.15, -0.1) is 0 Å². The van der Waals surface area contributed by atoms with Crippen LogP contribution < -0.4 is 5.73 Å². The molecule has 2 rings (SSSR count). The van der Waals surface area contributed by atoms with E-state index in [0.717, 1.165) is 24.9 Å². The van der Waals surface area contributed by atoms with Crippen LogP contribution in [0.2, 0.25) is 0 Å². The second-order valence-corrected chi connectivity index (χ2v) is 4.55. The fraction of sp³-hybridized carbons (Fsp3) is 0.462. The summed E-state index contributed by atoms with van der Waals surface area (Å²) in [6.45, 7) is 3.10. The van der Waals surface area contributed by atoms with Crippen LogP contribution in [0.15, 0.2) is 18.2 Å². The number of nitrogens with two attached hydrogens (primary N) is 1. The highest BCUT2D eigenvalue weighted by atomic mass is 16.3. The Balaban J connectivity index is 2.24. The number of hydrogen-bond donors (Lipinski definition) is 2. The molecule has 1 heterocycles. The average molecular weight is 234 g/mol. The lowest BCUT2D eigenvalue weighted by Gasteiger charge is -2.23. The van der Waals surface area contributed by atoms with Gasteiger partial charge >= 0.3 is 0 Å². The van der Waals surface area contributed by atoms with Crippen molar-refractivity contribution in [1.29, 1.82) is 0 Å². The van der Waals surface area contributed by atoms with Crippen LogP contribution in [0.25, 0.3) is 0 Å². The third-order valence-electron chi connectivity index (χ3n) is 3.29. The molecule has 1 aliphatic heterocycles. The first-order valence-electron chi connectivity index (χ1n) is 5.94. The third-order valence-corrected chi connectivity index (χ3v) is 3.29. The van der Waals surface area contributed by atoms with Crippen LogP contribution in [0.1, 0.15) is 28.8 Å². The highest BCUT2D eigenvalue weighted by molar-refractivity contribution is 5.97. The molecule has 3 N–H and O–H groups in total. The monoisotopic (exact) mass is 234 g/mol. The largest absolute Gasteiger partial charge is 0.507 e. The van der Waals surface area contributed by atoms with Gasteiger partial charge in [-0.1, -0.05) is 6.07 Å². The Morgan fingerprint density at radius 1 is 1.59 bits per heavy atom. The molecule has 0 spiro atoms. The third kappa shape index (κ3) is 2.26. The van der Waals surface area contributed by atoms with Crippen LogP contribution in [-0.4, -0.2) is 35.0 Å². The molecule has 4 nitrogen and oxygen atoms in total. The van der Waals surface area contributed by atoms with Gasteiger partial charge in [0.15, 0.2) is 0 Å². The van der Waals surface area contributed by atoms with Gasteiger partial charge in [-0.3, -0.25) is 4.79 Å². The van der Waals surface area contributed by atoms with Crippen LogP contribution in [0, 0.1) is 6.92 Å². The number of rotatable bonds is 2. The Hall–Kier alpha value is -1.55. The van der Waals surface area contributed by atoms with Crippen molar-refractivity contribution in [2.24, 2.45) is 5.73 Å². The Morgan fingerprint density at radius 2 is 2.35 bits per heavy atom. The van der Waals surface area contributed by atoms with E-state index < -0.39 is 0 Å². The van der Waals surface area contributed by atoms with Gasteiger partial charge in [0.05, 0.1) is 5.56 Å². The predicted octanol–water partition coefficient (Wildman–Crippen LogP) is 1.26. The molecule has 17 heavy (non-hydrogen) atoms. The van der Waals surface area contributed by atoms with E-state index in [4.69, 9.17) is 5.73 Å². The second kappa shape index (κ2) is 4.75. The summed E-state index contributed by atoms with van der Waals surface area (Å²) in [5, 5.41) is 9.80. The number of benzene rings is 1. The van der Waals surface area contributed by atoms with E-state index in [1.165, 1.54) is 0 Å². The molecule has 1 unspecified atom stereocenters. The van der Waals surface area contributed by atoms with E-state index in [0.29, 0.717) is 12.1 Å². The van der Waals surface area contributed by atoms with E-state index in [-0.39, 0.29) is 17.7 Å². The van der Waals surface area contributed by atoms with E-state index in [2.05, 4.69) is 0 Å². The first kappa shape index (κ1) is 11.9. The number of hydrogen-bond acceptors (Lipinski definition) is 3. The number of amides is 1. The van der Waals surface area contributed by atoms with Gasteiger partial charge < -0.3 is 15.7 Å². The Labute approximate surface area is 101 Å². The number of nitrogens with zero attached hydrogens (tertiary/aromatic N) is 1. The summed E-state index contributed by atoms with van der Waals surface area (Å²) in [6.07, 6.45) is 1.94. The topological polar surface area (TPSA) is 66.6 Å². The van der Waals surface area contributed by atoms with Crippen molar-refractivity contribution in [1.82, 2.24) is 4.90 Å². The van der Waals surface area contributed by atoms with Crippen LogP contribution in [0.5, 0.6) is 5.75 Å². The molecule has 1 aromatic carbocycles. The maximum atomic E-state index is 12.3. The molecule has 0 aliphatic carbocycles. The normalized spacial score (nSPS) is 19.6. The first-order valence-corrected chi connectivity index (χ1v) is 5.94. The van der Waals surface area contributed by atoms with Gasteiger partial charge in [-0.2, -0.15) is 0 Å². The lowest BCUT2D eigenvalue weighted by atomic mass is 10.1. The number of carbonyl (C=O) groups is 1. The minimum Gasteiger partial charge on any atom is -0.507 e. The Morgan fingerprint density at radius 3 is 3.00 bits per heavy atom. The number of phenolic OH excluding ortho intramolecular Hbond substituents is 1. The van der Waals surface area contributed by atoms with Gasteiger partial charge in [-0.05, 0) is 37.5 Å². The molecular weight excluding hydrogens is 216 g/mol. The maximum Gasteiger partial charge on any atom is 0.257 e. The average Bonchev–Trinajstić information content (AvgIpc) is 2.76. The van der Waals surface area contributed by atoms with Crippen molar-refractivity contribution in [3.05, 3.63) is 29.3 Å². The Kier molecular flexibility index (Phi) is 3.33. The molecule has 0 radical (unpaired) electrons. The molecule has 92 valence electrons. The summed E-state index contributed by atoms with van der Waals surface area (Å²) in [4.78, 5) is 14.0. The molecule has 1 aliphatic rings. The maximum absolute atomic E-state index is 12.3. The van der Waals surface area contributed by atoms with Crippen LogP contribution in [0.4, 0.5) is 0 Å². The molecule has 0 saturated carbocycles. The van der Waals surface area contributed by atoms with Crippen molar-refractivity contribution < 1.29 is 9.90 Å². The van der Waals surface area contributed by atoms with Crippen molar-refractivity contribution >= 4 is 5.91 Å². The first-order chi connectivity index (χ1) is 8.13. The summed E-state index contributed by atoms with van der Waals surface area (Å²) >= 11 is 0. The molecule has 4 heteroatoms. The fourth-order valence-corrected chi connectivity index (χ4v) is 2.33. The minimum atomic E-state index is -0.115. The fourth-order valence-electron chi connectivity index (χ4n) is 2.33. The van der Waals surface area contributed by atoms with E-state index in [1.54, 1.807) is 17.0 Å². The van der Waals surface area contributed by atoms with Crippen LogP contribution in [0.3, 0.4) is 0 Å². The van der Waals surface area contributed by atoms with Gasteiger partial charge in [0.1, 0.15) is 5.75 Å². The van der Waals surface area contributed by atoms with E-state index in [9.17, 15) is 9.90 Å². The number of carbonyl (C=O) groups excluding carboxylic acids is 1. The van der Waals surface area contributed by atoms with E-state index in [1.807, 2.05) is 13.0 Å². The summed E-state index contributed by atoms with van der Waals surface area (Å²) in [5.41, 5.74) is 6.96. The number of aryl methyl sites for hydroxylation is 1. The van der Waals surface area contributed by atoms with Gasteiger partial charge in [0, 0.05) is 19.1 Å². The van der Waals surface area contributed by atoms with Gasteiger partial charge in [-0.25, -0.2) is 0 Å². The molecule has 0 aromatic heterocycles. The predicted molar refractivity (Wildman–Crippen MR) is 66.0 cm³/mol. The summed E-state index contributed by atoms with van der Waals surface area (Å²) < 4.78 is 0. The lowest BCUT2D eigenvalue weighted by Crippen LogP contribution is -2.39. The smallest absolute Gasteiger partial charge is 0.257 e. The van der Waals surface area contributed by atoms with Crippen molar-refractivity contribution in [2.45, 2.75) is 25.8 Å². The molecule has 1 saturated heterocycles. The van der Waals surface area contributed by atoms with Crippen molar-refractivity contribution in [3.8, 4) is 5.75 Å². The molecule has 1 aromatic rings. The van der Waals surface area contributed by atoms with E-state index >= 15 is 0 Å². The highest BCUT2D eigenvalue weighted by Crippen LogP contribution is 2.24. The molecule has 1 atom stereocenters. The molecule has 1 fully saturated rings. The van der Waals surface area contributed by atoms with Crippen molar-refractivity contribution in [3.63, 3.8) is 0 Å². The standard InChI is InChI=1S/C13H18N2O2/c1-9-4-5-11(12(16)7-9)13(17)15-6-2-3-10(15)8-14/h4-5,7,10,16H,2-3,6,8,14H2,1H3. The Bertz CT molecular complexity index is 431. The molecular formula is C13H18N2O2. The lowest BCUT2D eigenvalue weighted by molar-refractivity contribution is 0.0738. The number of aromatic hydroxyl groups is 1. The summed E-state index contributed by atoms with van der Waals surface area (Å²) in [7, 11) is 0. The van der Waals surface area contributed by atoms with Crippen LogP contribution >= 0.6 is 0 Å². The highest BCUT2D eigenvalue weighted by Gasteiger charge is 2.29. The van der Waals surface area contributed by atoms with Gasteiger partial charge in [0.25, 0.3) is 5.91 Å². The quantitative estimate of drug-likeness (QED) is 0.809.